The number of benzene rings is 2. The largest absolute Gasteiger partial charge is 0.465 e. The maximum atomic E-state index is 13.5. The monoisotopic (exact) mass is 443 g/mol. The van der Waals surface area contributed by atoms with Crippen molar-refractivity contribution in [1.82, 2.24) is 0 Å². The highest BCUT2D eigenvalue weighted by molar-refractivity contribution is 7.00. The molecule has 31 heavy (non-hydrogen) atoms. The molecule has 0 aliphatic heterocycles. The van der Waals surface area contributed by atoms with Gasteiger partial charge in [-0.15, -0.1) is 0 Å². The highest BCUT2D eigenvalue weighted by Gasteiger charge is 2.44. The number of carbonyl (C=O) groups excluding carboxylic acids is 2. The van der Waals surface area contributed by atoms with Gasteiger partial charge in [-0.05, 0) is 29.9 Å². The molecule has 0 heterocycles. The van der Waals surface area contributed by atoms with Gasteiger partial charge in [0, 0.05) is 5.56 Å². The van der Waals surface area contributed by atoms with Crippen LogP contribution in [0.2, 0.25) is 0 Å². The predicted octanol–water partition coefficient (Wildman–Crippen LogP) is 6.46. The number of hydrogen-bond acceptors (Lipinski definition) is 4. The molecule has 0 saturated heterocycles. The zero-order valence-electron chi connectivity index (χ0n) is 19.4. The summed E-state index contributed by atoms with van der Waals surface area (Å²) < 4.78 is 13.7. The van der Waals surface area contributed by atoms with Gasteiger partial charge in [-0.1, -0.05) is 106 Å². The van der Waals surface area contributed by atoms with E-state index in [4.69, 9.17) is 9.30 Å². The topological polar surface area (TPSA) is 60.4 Å². The average Bonchev–Trinajstić information content (AvgIpc) is 2.79. The Morgan fingerprint density at radius 2 is 1.39 bits per heavy atom. The van der Waals surface area contributed by atoms with Crippen molar-refractivity contribution in [2.45, 2.75) is 71.1 Å². The first-order valence-corrected chi connectivity index (χ1v) is 11.3. The molecule has 4 nitrogen and oxygen atoms in total. The van der Waals surface area contributed by atoms with Crippen LogP contribution in [0.4, 0.5) is 0 Å². The first kappa shape index (κ1) is 26.7. The van der Waals surface area contributed by atoms with Crippen molar-refractivity contribution in [3.05, 3.63) is 71.3 Å². The van der Waals surface area contributed by atoms with Gasteiger partial charge >= 0.3 is 15.1 Å². The molecular weight excluding hydrogens is 407 g/mol. The lowest BCUT2D eigenvalue weighted by molar-refractivity contribution is -0.148. The molecule has 2 rings (SSSR count). The molecule has 0 saturated carbocycles. The number of hydrogen-bond donors (Lipinski definition) is 0. The number of esters is 1. The minimum absolute atomic E-state index is 0.00172. The second-order valence-electron chi connectivity index (χ2n) is 8.84. The molecule has 2 aromatic carbocycles. The normalized spacial score (nSPS) is 12.8. The van der Waals surface area contributed by atoms with Crippen molar-refractivity contribution in [3.8, 4) is 0 Å². The van der Waals surface area contributed by atoms with E-state index in [0.717, 1.165) is 31.2 Å². The standard InChI is InChI=1S/C26H34O3.H2OP/c1-6-7-8-12-19-29-24(28)26(5,22-13-10-9-11-14-22)23(27)20-15-17-21(18-16-20)25(2,3)4;1-2/h9-11,13-18H,6-8,12,19H2,1-5H3;2H2/q;+1. The van der Waals surface area contributed by atoms with E-state index in [9.17, 15) is 9.59 Å². The second-order valence-corrected chi connectivity index (χ2v) is 8.84. The summed E-state index contributed by atoms with van der Waals surface area (Å²) in [4.78, 5) is 26.6. The molecule has 2 atom stereocenters. The van der Waals surface area contributed by atoms with E-state index in [-0.39, 0.29) is 11.2 Å². The smallest absolute Gasteiger partial charge is 0.324 e. The van der Waals surface area contributed by atoms with Crippen LogP contribution in [-0.4, -0.2) is 18.4 Å². The Morgan fingerprint density at radius 3 is 1.90 bits per heavy atom. The summed E-state index contributed by atoms with van der Waals surface area (Å²) in [5.41, 5.74) is 0.960. The summed E-state index contributed by atoms with van der Waals surface area (Å²) in [6.07, 6.45) is 4.08. The summed E-state index contributed by atoms with van der Waals surface area (Å²) in [5.74, 6) is -0.715. The van der Waals surface area contributed by atoms with Gasteiger partial charge in [-0.3, -0.25) is 9.59 Å². The summed E-state index contributed by atoms with van der Waals surface area (Å²) in [5, 5.41) is 0. The van der Waals surface area contributed by atoms with Crippen molar-refractivity contribution in [2.24, 2.45) is 0 Å². The van der Waals surface area contributed by atoms with Crippen molar-refractivity contribution in [1.29, 1.82) is 0 Å². The van der Waals surface area contributed by atoms with Crippen molar-refractivity contribution in [2.75, 3.05) is 6.61 Å². The molecule has 0 spiro atoms. The highest BCUT2D eigenvalue weighted by atomic mass is 31.0. The van der Waals surface area contributed by atoms with E-state index in [1.165, 1.54) is 9.12 Å². The van der Waals surface area contributed by atoms with Crippen molar-refractivity contribution < 1.29 is 18.9 Å². The van der Waals surface area contributed by atoms with E-state index < -0.39 is 11.4 Å². The summed E-state index contributed by atoms with van der Waals surface area (Å²) in [6.45, 7) is 10.6. The Hall–Kier alpha value is -2.32. The molecule has 0 radical (unpaired) electrons. The minimum atomic E-state index is -1.37. The third-order valence-corrected chi connectivity index (χ3v) is 5.46. The van der Waals surface area contributed by atoms with Crippen LogP contribution in [0, 0.1) is 0 Å². The predicted molar refractivity (Wildman–Crippen MR) is 129 cm³/mol. The van der Waals surface area contributed by atoms with E-state index >= 15 is 0 Å². The minimum Gasteiger partial charge on any atom is -0.465 e. The van der Waals surface area contributed by atoms with Gasteiger partial charge < -0.3 is 4.74 Å². The lowest BCUT2D eigenvalue weighted by atomic mass is 9.75. The Morgan fingerprint density at radius 1 is 0.806 bits per heavy atom. The van der Waals surface area contributed by atoms with Gasteiger partial charge in [-0.25, -0.2) is 0 Å². The van der Waals surface area contributed by atoms with Crippen LogP contribution in [-0.2, 0) is 24.9 Å². The lowest BCUT2D eigenvalue weighted by Crippen LogP contribution is -2.42. The Bertz CT molecular complexity index is 825. The van der Waals surface area contributed by atoms with Crippen LogP contribution in [0.5, 0.6) is 0 Å². The van der Waals surface area contributed by atoms with E-state index in [2.05, 4.69) is 27.7 Å². The first-order valence-electron chi connectivity index (χ1n) is 10.8. The summed E-state index contributed by atoms with van der Waals surface area (Å²) in [7, 11) is 1.17. The van der Waals surface area contributed by atoms with Crippen LogP contribution >= 0.6 is 9.12 Å². The molecule has 5 heteroatoms. The van der Waals surface area contributed by atoms with Crippen molar-refractivity contribution >= 4 is 20.9 Å². The molecule has 168 valence electrons. The van der Waals surface area contributed by atoms with Crippen LogP contribution in [0.25, 0.3) is 0 Å². The maximum absolute atomic E-state index is 13.5. The maximum Gasteiger partial charge on any atom is 0.324 e. The molecule has 0 N–H and O–H groups in total. The number of Topliss-reactive ketones (excluding diaryl/α,β-unsaturated/α-hetero) is 1. The molecule has 0 bridgehead atoms. The third-order valence-electron chi connectivity index (χ3n) is 5.46. The zero-order chi connectivity index (χ0) is 23.5. The van der Waals surface area contributed by atoms with Crippen LogP contribution in [0.15, 0.2) is 54.6 Å². The quantitative estimate of drug-likeness (QED) is 0.147. The summed E-state index contributed by atoms with van der Waals surface area (Å²) in [6, 6.07) is 16.8. The molecule has 0 amide bonds. The lowest BCUT2D eigenvalue weighted by Gasteiger charge is -2.27. The average molecular weight is 444 g/mol. The molecule has 0 aliphatic rings. The van der Waals surface area contributed by atoms with Gasteiger partial charge in [0.2, 0.25) is 0 Å². The molecule has 2 unspecified atom stereocenters. The second kappa shape index (κ2) is 12.5. The highest BCUT2D eigenvalue weighted by Crippen LogP contribution is 2.31. The first-order chi connectivity index (χ1) is 14.7. The van der Waals surface area contributed by atoms with Gasteiger partial charge in [0.15, 0.2) is 11.2 Å². The van der Waals surface area contributed by atoms with E-state index in [1.54, 1.807) is 6.92 Å². The Kier molecular flexibility index (Phi) is 10.8. The SMILES string of the molecule is CCCCCCOC(=O)C(C)(C(=O)c1ccc(C(C)(C)C)cc1)c1ccccc1.O=[PH2+]. The van der Waals surface area contributed by atoms with Crippen molar-refractivity contribution in [3.63, 3.8) is 0 Å². The molecular formula is C26H36O4P+. The number of ketones is 1. The number of rotatable bonds is 9. The fourth-order valence-corrected chi connectivity index (χ4v) is 3.36. The molecule has 0 aliphatic carbocycles. The zero-order valence-corrected chi connectivity index (χ0v) is 20.6. The van der Waals surface area contributed by atoms with Crippen LogP contribution < -0.4 is 0 Å². The van der Waals surface area contributed by atoms with Gasteiger partial charge in [-0.2, -0.15) is 0 Å². The Labute approximate surface area is 189 Å². The van der Waals surface area contributed by atoms with Gasteiger partial charge in [0.25, 0.3) is 0 Å². The number of unbranched alkanes of at least 4 members (excludes halogenated alkanes) is 3. The van der Waals surface area contributed by atoms with E-state index in [1.807, 2.05) is 54.6 Å². The Balaban J connectivity index is 0.00000233. The van der Waals surface area contributed by atoms with E-state index in [0.29, 0.717) is 17.7 Å². The third kappa shape index (κ3) is 7.11. The van der Waals surface area contributed by atoms with Crippen LogP contribution in [0.1, 0.15) is 81.8 Å². The molecule has 2 aromatic rings. The summed E-state index contributed by atoms with van der Waals surface area (Å²) >= 11 is 0. The number of carbonyl (C=O) groups is 2. The fraction of sp³-hybridized carbons (Fsp3) is 0.462. The van der Waals surface area contributed by atoms with Gasteiger partial charge in [0.05, 0.1) is 6.61 Å². The molecule has 0 fully saturated rings. The van der Waals surface area contributed by atoms with Crippen LogP contribution in [0.3, 0.4) is 0 Å². The van der Waals surface area contributed by atoms with Gasteiger partial charge in [0.1, 0.15) is 0 Å². The molecule has 0 aromatic heterocycles. The fourth-order valence-electron chi connectivity index (χ4n) is 3.36. The number of ether oxygens (including phenoxy) is 1.